The van der Waals surface area contributed by atoms with Gasteiger partial charge < -0.3 is 4.74 Å². The molecular formula is C15H20N2O2. The van der Waals surface area contributed by atoms with E-state index >= 15 is 0 Å². The van der Waals surface area contributed by atoms with Crippen molar-refractivity contribution < 1.29 is 4.74 Å². The largest absolute Gasteiger partial charge is 0.494 e. The summed E-state index contributed by atoms with van der Waals surface area (Å²) in [6, 6.07) is 7.50. The minimum atomic E-state index is 0.00991. The van der Waals surface area contributed by atoms with E-state index in [-0.39, 0.29) is 5.56 Å². The summed E-state index contributed by atoms with van der Waals surface area (Å²) in [5.74, 6) is 1.13. The Morgan fingerprint density at radius 1 is 1.32 bits per heavy atom. The monoisotopic (exact) mass is 260 g/mol. The summed E-state index contributed by atoms with van der Waals surface area (Å²) in [7, 11) is 1.61. The van der Waals surface area contributed by atoms with Crippen molar-refractivity contribution in [2.24, 2.45) is 5.92 Å². The van der Waals surface area contributed by atoms with Gasteiger partial charge in [-0.05, 0) is 31.4 Å². The molecular weight excluding hydrogens is 240 g/mol. The fraction of sp³-hybridized carbons (Fsp3) is 0.400. The zero-order chi connectivity index (χ0) is 14.0. The molecule has 0 radical (unpaired) electrons. The van der Waals surface area contributed by atoms with Crippen LogP contribution in [0, 0.1) is 12.8 Å². The van der Waals surface area contributed by atoms with Crippen molar-refractivity contribution in [1.29, 1.82) is 0 Å². The molecule has 4 heteroatoms. The third kappa shape index (κ3) is 2.57. The van der Waals surface area contributed by atoms with Crippen LogP contribution in [0.5, 0.6) is 5.75 Å². The van der Waals surface area contributed by atoms with E-state index in [1.54, 1.807) is 11.8 Å². The van der Waals surface area contributed by atoms with Crippen LogP contribution in [0.1, 0.15) is 25.1 Å². The van der Waals surface area contributed by atoms with Crippen LogP contribution in [0.3, 0.4) is 0 Å². The molecule has 0 aliphatic heterocycles. The molecule has 1 N–H and O–H groups in total. The molecule has 0 aliphatic carbocycles. The number of methoxy groups -OCH3 is 1. The summed E-state index contributed by atoms with van der Waals surface area (Å²) in [5, 5.41) is 3.13. The Hall–Kier alpha value is -1.97. The van der Waals surface area contributed by atoms with E-state index in [0.717, 1.165) is 23.4 Å². The maximum absolute atomic E-state index is 12.5. The van der Waals surface area contributed by atoms with E-state index in [0.29, 0.717) is 11.7 Å². The topological polar surface area (TPSA) is 47.0 Å². The standard InChI is InChI=1S/C15H20N2O2/c1-10(2)9-12-11(3)16-17(15(12)18)13-7-5-6-8-14(13)19-4/h5-8,10,16H,9H2,1-4H3. The van der Waals surface area contributed by atoms with Gasteiger partial charge in [0.2, 0.25) is 0 Å². The minimum absolute atomic E-state index is 0.00991. The highest BCUT2D eigenvalue weighted by molar-refractivity contribution is 5.46. The number of aryl methyl sites for hydroxylation is 1. The number of aromatic amines is 1. The summed E-state index contributed by atoms with van der Waals surface area (Å²) in [5.41, 5.74) is 2.52. The molecule has 0 aliphatic rings. The normalized spacial score (nSPS) is 11.0. The second-order valence-electron chi connectivity index (χ2n) is 5.13. The van der Waals surface area contributed by atoms with E-state index in [1.165, 1.54) is 0 Å². The fourth-order valence-electron chi connectivity index (χ4n) is 2.21. The summed E-state index contributed by atoms with van der Waals surface area (Å²) in [6.07, 6.45) is 0.781. The Kier molecular flexibility index (Phi) is 3.79. The smallest absolute Gasteiger partial charge is 0.274 e. The Morgan fingerprint density at radius 3 is 2.63 bits per heavy atom. The Labute approximate surface area is 113 Å². The van der Waals surface area contributed by atoms with Crippen LogP contribution in [0.4, 0.5) is 0 Å². The number of nitrogens with one attached hydrogen (secondary N) is 1. The van der Waals surface area contributed by atoms with Crippen molar-refractivity contribution in [3.63, 3.8) is 0 Å². The maximum Gasteiger partial charge on any atom is 0.274 e. The predicted octanol–water partition coefficient (Wildman–Crippen LogP) is 2.68. The van der Waals surface area contributed by atoms with E-state index in [9.17, 15) is 4.79 Å². The summed E-state index contributed by atoms with van der Waals surface area (Å²) >= 11 is 0. The second-order valence-corrected chi connectivity index (χ2v) is 5.13. The molecule has 1 aromatic heterocycles. The molecule has 0 atom stereocenters. The quantitative estimate of drug-likeness (QED) is 0.918. The average molecular weight is 260 g/mol. The van der Waals surface area contributed by atoms with Crippen molar-refractivity contribution in [2.75, 3.05) is 7.11 Å². The Bertz CT molecular complexity index is 623. The number of benzene rings is 1. The molecule has 0 amide bonds. The Balaban J connectivity index is 2.55. The first-order valence-electron chi connectivity index (χ1n) is 6.48. The lowest BCUT2D eigenvalue weighted by atomic mass is 10.0. The number of hydrogen-bond donors (Lipinski definition) is 1. The lowest BCUT2D eigenvalue weighted by Crippen LogP contribution is -2.19. The van der Waals surface area contributed by atoms with Crippen molar-refractivity contribution >= 4 is 0 Å². The molecule has 2 aromatic rings. The number of aromatic nitrogens is 2. The Morgan fingerprint density at radius 2 is 2.00 bits per heavy atom. The van der Waals surface area contributed by atoms with Crippen molar-refractivity contribution in [3.8, 4) is 11.4 Å². The molecule has 0 saturated carbocycles. The fourth-order valence-corrected chi connectivity index (χ4v) is 2.21. The molecule has 1 aromatic carbocycles. The number of hydrogen-bond acceptors (Lipinski definition) is 2. The van der Waals surface area contributed by atoms with E-state index in [4.69, 9.17) is 4.74 Å². The highest BCUT2D eigenvalue weighted by Crippen LogP contribution is 2.21. The van der Waals surface area contributed by atoms with Crippen LogP contribution in [0.15, 0.2) is 29.1 Å². The average Bonchev–Trinajstić information content (AvgIpc) is 2.66. The molecule has 0 fully saturated rings. The van der Waals surface area contributed by atoms with Gasteiger partial charge in [-0.15, -0.1) is 0 Å². The van der Waals surface area contributed by atoms with Crippen LogP contribution in [0.2, 0.25) is 0 Å². The van der Waals surface area contributed by atoms with Gasteiger partial charge in [0.25, 0.3) is 5.56 Å². The first-order valence-corrected chi connectivity index (χ1v) is 6.48. The highest BCUT2D eigenvalue weighted by Gasteiger charge is 2.15. The summed E-state index contributed by atoms with van der Waals surface area (Å²) < 4.78 is 6.87. The minimum Gasteiger partial charge on any atom is -0.494 e. The first-order chi connectivity index (χ1) is 9.04. The zero-order valence-corrected chi connectivity index (χ0v) is 11.9. The highest BCUT2D eigenvalue weighted by atomic mass is 16.5. The van der Waals surface area contributed by atoms with Gasteiger partial charge in [-0.3, -0.25) is 9.89 Å². The zero-order valence-electron chi connectivity index (χ0n) is 11.9. The van der Waals surface area contributed by atoms with Gasteiger partial charge in [-0.1, -0.05) is 26.0 Å². The van der Waals surface area contributed by atoms with Gasteiger partial charge in [-0.25, -0.2) is 4.68 Å². The number of para-hydroxylation sites is 2. The van der Waals surface area contributed by atoms with Gasteiger partial charge in [0.05, 0.1) is 7.11 Å². The lowest BCUT2D eigenvalue weighted by molar-refractivity contribution is 0.411. The number of rotatable bonds is 4. The molecule has 1 heterocycles. The predicted molar refractivity (Wildman–Crippen MR) is 76.2 cm³/mol. The summed E-state index contributed by atoms with van der Waals surface area (Å²) in [4.78, 5) is 12.5. The van der Waals surface area contributed by atoms with E-state index < -0.39 is 0 Å². The van der Waals surface area contributed by atoms with Gasteiger partial charge >= 0.3 is 0 Å². The van der Waals surface area contributed by atoms with Crippen LogP contribution >= 0.6 is 0 Å². The number of ether oxygens (including phenoxy) is 1. The third-order valence-electron chi connectivity index (χ3n) is 3.13. The first kappa shape index (κ1) is 13.5. The van der Waals surface area contributed by atoms with Gasteiger partial charge in [-0.2, -0.15) is 0 Å². The SMILES string of the molecule is COc1ccccc1-n1[nH]c(C)c(CC(C)C)c1=O. The third-order valence-corrected chi connectivity index (χ3v) is 3.13. The molecule has 0 spiro atoms. The van der Waals surface area contributed by atoms with Crippen molar-refractivity contribution in [3.05, 3.63) is 45.9 Å². The lowest BCUT2D eigenvalue weighted by Gasteiger charge is -2.07. The second kappa shape index (κ2) is 5.34. The van der Waals surface area contributed by atoms with Gasteiger partial charge in [0.15, 0.2) is 0 Å². The van der Waals surface area contributed by atoms with Crippen molar-refractivity contribution in [1.82, 2.24) is 9.78 Å². The maximum atomic E-state index is 12.5. The van der Waals surface area contributed by atoms with Gasteiger partial charge in [0, 0.05) is 11.3 Å². The van der Waals surface area contributed by atoms with E-state index in [1.807, 2.05) is 31.2 Å². The van der Waals surface area contributed by atoms with Gasteiger partial charge in [0.1, 0.15) is 11.4 Å². The molecule has 0 saturated heterocycles. The number of H-pyrrole nitrogens is 1. The molecule has 0 bridgehead atoms. The van der Waals surface area contributed by atoms with Crippen LogP contribution in [0.25, 0.3) is 5.69 Å². The summed E-state index contributed by atoms with van der Waals surface area (Å²) in [6.45, 7) is 6.16. The molecule has 2 rings (SSSR count). The van der Waals surface area contributed by atoms with Crippen LogP contribution < -0.4 is 10.3 Å². The molecule has 4 nitrogen and oxygen atoms in total. The van der Waals surface area contributed by atoms with Crippen LogP contribution in [-0.4, -0.2) is 16.9 Å². The number of nitrogens with zero attached hydrogens (tertiary/aromatic N) is 1. The molecule has 0 unspecified atom stereocenters. The van der Waals surface area contributed by atoms with Crippen LogP contribution in [-0.2, 0) is 6.42 Å². The van der Waals surface area contributed by atoms with Crippen molar-refractivity contribution in [2.45, 2.75) is 27.2 Å². The van der Waals surface area contributed by atoms with E-state index in [2.05, 4.69) is 18.9 Å². The molecule has 19 heavy (non-hydrogen) atoms. The molecule has 102 valence electrons.